The Hall–Kier alpha value is -2.65. The summed E-state index contributed by atoms with van der Waals surface area (Å²) in [6.45, 7) is 4.47. The average Bonchev–Trinajstić information content (AvgIpc) is 2.63. The van der Waals surface area contributed by atoms with Crippen molar-refractivity contribution in [3.63, 3.8) is 0 Å². The Bertz CT molecular complexity index is 935. The monoisotopic (exact) mass is 367 g/mol. The average molecular weight is 368 g/mol. The Balaban J connectivity index is 1.79. The molecule has 3 aromatic carbocycles. The molecule has 0 heterocycles. The van der Waals surface area contributed by atoms with E-state index in [4.69, 9.17) is 16.3 Å². The lowest BCUT2D eigenvalue weighted by Gasteiger charge is -2.10. The van der Waals surface area contributed by atoms with Crippen LogP contribution in [0.5, 0.6) is 5.75 Å². The number of benzene rings is 3. The molecule has 26 heavy (non-hydrogen) atoms. The Kier molecular flexibility index (Phi) is 5.69. The highest BCUT2D eigenvalue weighted by molar-refractivity contribution is 6.30. The molecule has 0 unspecified atom stereocenters. The summed E-state index contributed by atoms with van der Waals surface area (Å²) < 4.78 is 18.9. The third-order valence-corrected chi connectivity index (χ3v) is 4.36. The van der Waals surface area contributed by atoms with Gasteiger partial charge in [0.25, 0.3) is 0 Å². The van der Waals surface area contributed by atoms with Gasteiger partial charge in [-0.1, -0.05) is 29.8 Å². The number of aryl methyl sites for hydroxylation is 2. The predicted octanol–water partition coefficient (Wildman–Crippen LogP) is 6.43. The summed E-state index contributed by atoms with van der Waals surface area (Å²) in [5, 5.41) is 0.612. The first kappa shape index (κ1) is 18.2. The molecule has 3 aromatic rings. The maximum atomic E-state index is 13.0. The first-order valence-corrected chi connectivity index (χ1v) is 8.67. The predicted molar refractivity (Wildman–Crippen MR) is 105 cm³/mol. The highest BCUT2D eigenvalue weighted by Crippen LogP contribution is 2.24. The number of nitrogens with zero attached hydrogens (tertiary/aromatic N) is 1. The van der Waals surface area contributed by atoms with Crippen molar-refractivity contribution in [3.05, 3.63) is 93.8 Å². The van der Waals surface area contributed by atoms with E-state index in [1.54, 1.807) is 24.4 Å². The smallest absolute Gasteiger partial charge is 0.128 e. The molecule has 0 N–H and O–H groups in total. The maximum Gasteiger partial charge on any atom is 0.128 e. The quantitative estimate of drug-likeness (QED) is 0.476. The molecular formula is C22H19ClFNO. The molecule has 0 aliphatic carbocycles. The van der Waals surface area contributed by atoms with Crippen molar-refractivity contribution < 1.29 is 9.13 Å². The van der Waals surface area contributed by atoms with Crippen LogP contribution < -0.4 is 4.74 Å². The van der Waals surface area contributed by atoms with Crippen molar-refractivity contribution in [1.29, 1.82) is 0 Å². The van der Waals surface area contributed by atoms with Crippen LogP contribution in [0.25, 0.3) is 0 Å². The molecule has 3 rings (SSSR count). The molecule has 0 aliphatic heterocycles. The van der Waals surface area contributed by atoms with Gasteiger partial charge in [-0.25, -0.2) is 4.39 Å². The summed E-state index contributed by atoms with van der Waals surface area (Å²) in [6, 6.07) is 17.7. The molecule has 0 aromatic heterocycles. The van der Waals surface area contributed by atoms with Crippen LogP contribution in [0.15, 0.2) is 65.7 Å². The molecule has 0 aliphatic rings. The molecule has 0 bridgehead atoms. The highest BCUT2D eigenvalue weighted by atomic mass is 35.5. The van der Waals surface area contributed by atoms with Gasteiger partial charge in [-0.15, -0.1) is 0 Å². The van der Waals surface area contributed by atoms with Crippen LogP contribution >= 0.6 is 11.6 Å². The van der Waals surface area contributed by atoms with Crippen molar-refractivity contribution in [2.24, 2.45) is 4.99 Å². The van der Waals surface area contributed by atoms with Gasteiger partial charge in [0.05, 0.1) is 5.69 Å². The maximum absolute atomic E-state index is 13.0. The third kappa shape index (κ3) is 4.70. The van der Waals surface area contributed by atoms with Gasteiger partial charge < -0.3 is 4.74 Å². The Morgan fingerprint density at radius 3 is 2.46 bits per heavy atom. The van der Waals surface area contributed by atoms with Crippen molar-refractivity contribution in [1.82, 2.24) is 0 Å². The Morgan fingerprint density at radius 2 is 1.73 bits per heavy atom. The van der Waals surface area contributed by atoms with E-state index in [1.165, 1.54) is 23.3 Å². The van der Waals surface area contributed by atoms with Crippen LogP contribution in [0.3, 0.4) is 0 Å². The third-order valence-electron chi connectivity index (χ3n) is 4.12. The van der Waals surface area contributed by atoms with Gasteiger partial charge in [-0.2, -0.15) is 0 Å². The van der Waals surface area contributed by atoms with Gasteiger partial charge in [-0.3, -0.25) is 4.99 Å². The molecule has 4 heteroatoms. The molecule has 0 saturated carbocycles. The van der Waals surface area contributed by atoms with E-state index in [0.717, 1.165) is 16.8 Å². The van der Waals surface area contributed by atoms with Gasteiger partial charge >= 0.3 is 0 Å². The largest absolute Gasteiger partial charge is 0.488 e. The van der Waals surface area contributed by atoms with Crippen molar-refractivity contribution >= 4 is 23.5 Å². The van der Waals surface area contributed by atoms with E-state index in [1.807, 2.05) is 30.3 Å². The van der Waals surface area contributed by atoms with Gasteiger partial charge in [0, 0.05) is 16.8 Å². The number of ether oxygens (including phenoxy) is 1. The summed E-state index contributed by atoms with van der Waals surface area (Å²) in [6.07, 6.45) is 1.75. The van der Waals surface area contributed by atoms with Crippen LogP contribution in [0.2, 0.25) is 5.02 Å². The molecule has 0 saturated heterocycles. The lowest BCUT2D eigenvalue weighted by molar-refractivity contribution is 0.305. The second-order valence-corrected chi connectivity index (χ2v) is 6.56. The zero-order valence-corrected chi connectivity index (χ0v) is 15.4. The van der Waals surface area contributed by atoms with E-state index < -0.39 is 0 Å². The molecule has 132 valence electrons. The second-order valence-electron chi connectivity index (χ2n) is 6.12. The van der Waals surface area contributed by atoms with E-state index >= 15 is 0 Å². The molecule has 0 amide bonds. The molecular weight excluding hydrogens is 349 g/mol. The van der Waals surface area contributed by atoms with Gasteiger partial charge in [0.1, 0.15) is 18.2 Å². The number of hydrogen-bond acceptors (Lipinski definition) is 2. The Morgan fingerprint density at radius 1 is 0.962 bits per heavy atom. The van der Waals surface area contributed by atoms with E-state index in [9.17, 15) is 4.39 Å². The van der Waals surface area contributed by atoms with E-state index in [0.29, 0.717) is 17.4 Å². The summed E-state index contributed by atoms with van der Waals surface area (Å²) in [4.78, 5) is 4.53. The van der Waals surface area contributed by atoms with Gasteiger partial charge in [-0.05, 0) is 73.0 Å². The summed E-state index contributed by atoms with van der Waals surface area (Å²) in [7, 11) is 0. The number of rotatable bonds is 5. The van der Waals surface area contributed by atoms with Gasteiger partial charge in [0.15, 0.2) is 0 Å². The summed E-state index contributed by atoms with van der Waals surface area (Å²) in [5.41, 5.74) is 4.97. The zero-order chi connectivity index (χ0) is 18.5. The fourth-order valence-electron chi connectivity index (χ4n) is 2.44. The minimum Gasteiger partial charge on any atom is -0.488 e. The van der Waals surface area contributed by atoms with Crippen molar-refractivity contribution in [3.8, 4) is 5.75 Å². The molecule has 0 atom stereocenters. The van der Waals surface area contributed by atoms with Gasteiger partial charge in [0.2, 0.25) is 0 Å². The lowest BCUT2D eigenvalue weighted by Crippen LogP contribution is -1.98. The molecule has 2 nitrogen and oxygen atoms in total. The van der Waals surface area contributed by atoms with Crippen LogP contribution in [0.4, 0.5) is 10.1 Å². The minimum absolute atomic E-state index is 0.263. The fraction of sp³-hybridized carbons (Fsp3) is 0.136. The molecule has 0 radical (unpaired) electrons. The fourth-order valence-corrected chi connectivity index (χ4v) is 2.62. The van der Waals surface area contributed by atoms with Crippen molar-refractivity contribution in [2.75, 3.05) is 0 Å². The van der Waals surface area contributed by atoms with Crippen LogP contribution in [0.1, 0.15) is 22.3 Å². The molecule has 0 spiro atoms. The first-order chi connectivity index (χ1) is 12.5. The van der Waals surface area contributed by atoms with E-state index in [-0.39, 0.29) is 5.82 Å². The zero-order valence-electron chi connectivity index (χ0n) is 14.7. The van der Waals surface area contributed by atoms with E-state index in [2.05, 4.69) is 18.8 Å². The standard InChI is InChI=1S/C22H19ClFNO/c1-15-3-9-21(11-16(15)2)25-13-18-12-19(23)6-10-22(18)26-14-17-4-7-20(24)8-5-17/h3-13H,14H2,1-2H3. The summed E-state index contributed by atoms with van der Waals surface area (Å²) in [5.74, 6) is 0.410. The number of hydrogen-bond donors (Lipinski definition) is 0. The number of halogens is 2. The Labute approximate surface area is 157 Å². The lowest BCUT2D eigenvalue weighted by atomic mass is 10.1. The van der Waals surface area contributed by atoms with Crippen LogP contribution in [-0.2, 0) is 6.61 Å². The second kappa shape index (κ2) is 8.15. The number of aliphatic imine (C=N–C) groups is 1. The first-order valence-electron chi connectivity index (χ1n) is 8.29. The summed E-state index contributed by atoms with van der Waals surface area (Å²) >= 11 is 6.12. The topological polar surface area (TPSA) is 21.6 Å². The normalized spacial score (nSPS) is 11.1. The highest BCUT2D eigenvalue weighted by Gasteiger charge is 2.04. The van der Waals surface area contributed by atoms with Crippen molar-refractivity contribution in [2.45, 2.75) is 20.5 Å². The molecule has 0 fully saturated rings. The minimum atomic E-state index is -0.263. The van der Waals surface area contributed by atoms with Crippen LogP contribution in [-0.4, -0.2) is 6.21 Å². The SMILES string of the molecule is Cc1ccc(N=Cc2cc(Cl)ccc2OCc2ccc(F)cc2)cc1C. The van der Waals surface area contributed by atoms with Crippen LogP contribution in [0, 0.1) is 19.7 Å².